The third kappa shape index (κ3) is 2.37. The molecule has 2 heterocycles. The monoisotopic (exact) mass is 221 g/mol. The van der Waals surface area contributed by atoms with Gasteiger partial charge in [0.25, 0.3) is 5.22 Å². The second-order valence-corrected chi connectivity index (χ2v) is 4.04. The van der Waals surface area contributed by atoms with Gasteiger partial charge in [-0.1, -0.05) is 0 Å². The smallest absolute Gasteiger partial charge is 0.260 e. The summed E-state index contributed by atoms with van der Waals surface area (Å²) < 4.78 is 5.25. The predicted octanol–water partition coefficient (Wildman–Crippen LogP) is 1.99. The number of aromatic nitrogens is 2. The first-order valence-electron chi connectivity index (χ1n) is 4.52. The molecule has 0 aromatic carbocycles. The lowest BCUT2D eigenvalue weighted by molar-refractivity contribution is 0.454. The summed E-state index contributed by atoms with van der Waals surface area (Å²) in [6, 6.07) is 1.90. The van der Waals surface area contributed by atoms with Gasteiger partial charge in [0, 0.05) is 23.8 Å². The van der Waals surface area contributed by atoms with Gasteiger partial charge in [-0.3, -0.25) is 4.98 Å². The SMILES string of the molecule is Cc1coc(Sc2cnccc2CN)n1. The Morgan fingerprint density at radius 1 is 1.53 bits per heavy atom. The number of oxazole rings is 1. The van der Waals surface area contributed by atoms with E-state index in [2.05, 4.69) is 9.97 Å². The molecule has 0 radical (unpaired) electrons. The highest BCUT2D eigenvalue weighted by atomic mass is 32.2. The van der Waals surface area contributed by atoms with Gasteiger partial charge in [0.1, 0.15) is 6.26 Å². The van der Waals surface area contributed by atoms with Crippen LogP contribution >= 0.6 is 11.8 Å². The normalized spacial score (nSPS) is 10.5. The average molecular weight is 221 g/mol. The summed E-state index contributed by atoms with van der Waals surface area (Å²) in [6.45, 7) is 2.38. The summed E-state index contributed by atoms with van der Waals surface area (Å²) in [5.74, 6) is 0. The molecule has 0 fully saturated rings. The average Bonchev–Trinajstić information content (AvgIpc) is 2.65. The molecule has 15 heavy (non-hydrogen) atoms. The number of rotatable bonds is 3. The summed E-state index contributed by atoms with van der Waals surface area (Å²) in [6.07, 6.45) is 5.13. The Bertz CT molecular complexity index is 455. The van der Waals surface area contributed by atoms with Crippen molar-refractivity contribution in [2.45, 2.75) is 23.6 Å². The van der Waals surface area contributed by atoms with Crippen LogP contribution in [0.25, 0.3) is 0 Å². The molecule has 0 aliphatic carbocycles. The summed E-state index contributed by atoms with van der Waals surface area (Å²) in [5, 5.41) is 0.621. The second-order valence-electron chi connectivity index (χ2n) is 3.04. The summed E-state index contributed by atoms with van der Waals surface area (Å²) in [7, 11) is 0. The highest BCUT2D eigenvalue weighted by molar-refractivity contribution is 7.99. The molecule has 4 nitrogen and oxygen atoms in total. The minimum Gasteiger partial charge on any atom is -0.439 e. The fourth-order valence-corrected chi connectivity index (χ4v) is 2.01. The molecule has 2 aromatic heterocycles. The maximum atomic E-state index is 5.62. The molecule has 0 amide bonds. The lowest BCUT2D eigenvalue weighted by Crippen LogP contribution is -1.98. The van der Waals surface area contributed by atoms with Crippen LogP contribution < -0.4 is 5.73 Å². The fourth-order valence-electron chi connectivity index (χ4n) is 1.14. The van der Waals surface area contributed by atoms with Gasteiger partial charge in [-0.05, 0) is 30.3 Å². The van der Waals surface area contributed by atoms with Gasteiger partial charge < -0.3 is 10.2 Å². The Labute approximate surface area is 91.9 Å². The molecular weight excluding hydrogens is 210 g/mol. The molecule has 2 rings (SSSR count). The van der Waals surface area contributed by atoms with E-state index in [9.17, 15) is 0 Å². The van der Waals surface area contributed by atoms with Crippen LogP contribution in [-0.2, 0) is 6.54 Å². The molecule has 0 saturated carbocycles. The van der Waals surface area contributed by atoms with E-state index in [-0.39, 0.29) is 0 Å². The van der Waals surface area contributed by atoms with Gasteiger partial charge in [-0.15, -0.1) is 0 Å². The van der Waals surface area contributed by atoms with Crippen molar-refractivity contribution in [2.75, 3.05) is 0 Å². The van der Waals surface area contributed by atoms with E-state index in [4.69, 9.17) is 10.2 Å². The fraction of sp³-hybridized carbons (Fsp3) is 0.200. The molecule has 0 saturated heterocycles. The van der Waals surface area contributed by atoms with Crippen LogP contribution in [0, 0.1) is 6.92 Å². The Kier molecular flexibility index (Phi) is 3.03. The van der Waals surface area contributed by atoms with Crippen LogP contribution in [0.4, 0.5) is 0 Å². The van der Waals surface area contributed by atoms with Crippen molar-refractivity contribution in [2.24, 2.45) is 5.73 Å². The van der Waals surface area contributed by atoms with E-state index in [0.29, 0.717) is 11.8 Å². The highest BCUT2D eigenvalue weighted by Crippen LogP contribution is 2.28. The van der Waals surface area contributed by atoms with Crippen LogP contribution in [-0.4, -0.2) is 9.97 Å². The van der Waals surface area contributed by atoms with E-state index in [1.807, 2.05) is 13.0 Å². The van der Waals surface area contributed by atoms with Gasteiger partial charge >= 0.3 is 0 Å². The maximum Gasteiger partial charge on any atom is 0.260 e. The van der Waals surface area contributed by atoms with Gasteiger partial charge in [-0.2, -0.15) is 0 Å². The van der Waals surface area contributed by atoms with Gasteiger partial charge in [0.15, 0.2) is 0 Å². The van der Waals surface area contributed by atoms with Crippen molar-refractivity contribution >= 4 is 11.8 Å². The number of nitrogens with two attached hydrogens (primary N) is 1. The molecule has 0 bridgehead atoms. The highest BCUT2D eigenvalue weighted by Gasteiger charge is 2.07. The molecule has 0 aliphatic rings. The molecule has 2 N–H and O–H groups in total. The molecule has 0 unspecified atom stereocenters. The number of pyridine rings is 1. The Morgan fingerprint density at radius 3 is 3.07 bits per heavy atom. The van der Waals surface area contributed by atoms with E-state index >= 15 is 0 Å². The third-order valence-corrected chi connectivity index (χ3v) is 2.83. The van der Waals surface area contributed by atoms with Crippen molar-refractivity contribution in [1.29, 1.82) is 0 Å². The van der Waals surface area contributed by atoms with E-state index in [0.717, 1.165) is 16.2 Å². The first-order valence-corrected chi connectivity index (χ1v) is 5.34. The number of nitrogens with zero attached hydrogens (tertiary/aromatic N) is 2. The molecule has 2 aromatic rings. The molecule has 5 heteroatoms. The Balaban J connectivity index is 2.23. The quantitative estimate of drug-likeness (QED) is 0.858. The second kappa shape index (κ2) is 4.46. The topological polar surface area (TPSA) is 64.9 Å². The summed E-state index contributed by atoms with van der Waals surface area (Å²) in [4.78, 5) is 9.25. The van der Waals surface area contributed by atoms with Crippen LogP contribution in [0.3, 0.4) is 0 Å². The van der Waals surface area contributed by atoms with Crippen molar-refractivity contribution in [3.63, 3.8) is 0 Å². The lowest BCUT2D eigenvalue weighted by Gasteiger charge is -2.02. The minimum atomic E-state index is 0.491. The van der Waals surface area contributed by atoms with Gasteiger partial charge in [0.05, 0.1) is 5.69 Å². The van der Waals surface area contributed by atoms with Gasteiger partial charge in [0.2, 0.25) is 0 Å². The first kappa shape index (κ1) is 10.2. The van der Waals surface area contributed by atoms with E-state index in [1.54, 1.807) is 18.7 Å². The minimum absolute atomic E-state index is 0.491. The standard InChI is InChI=1S/C10H11N3OS/c1-7-6-14-10(13-7)15-9-5-12-3-2-8(9)4-11/h2-3,5-6H,4,11H2,1H3. The molecule has 78 valence electrons. The number of aryl methyl sites for hydroxylation is 1. The Hall–Kier alpha value is -1.33. The van der Waals surface area contributed by atoms with Crippen LogP contribution in [0.1, 0.15) is 11.3 Å². The van der Waals surface area contributed by atoms with Gasteiger partial charge in [-0.25, -0.2) is 4.98 Å². The largest absolute Gasteiger partial charge is 0.439 e. The number of hydrogen-bond acceptors (Lipinski definition) is 5. The molecular formula is C10H11N3OS. The summed E-state index contributed by atoms with van der Waals surface area (Å²) >= 11 is 1.44. The zero-order valence-corrected chi connectivity index (χ0v) is 9.12. The van der Waals surface area contributed by atoms with Crippen LogP contribution in [0.15, 0.2) is 39.3 Å². The van der Waals surface area contributed by atoms with E-state index < -0.39 is 0 Å². The molecule has 0 aliphatic heterocycles. The predicted molar refractivity (Wildman–Crippen MR) is 57.5 cm³/mol. The van der Waals surface area contributed by atoms with Crippen molar-refractivity contribution in [1.82, 2.24) is 9.97 Å². The van der Waals surface area contributed by atoms with Crippen molar-refractivity contribution < 1.29 is 4.42 Å². The zero-order valence-electron chi connectivity index (χ0n) is 8.30. The Morgan fingerprint density at radius 2 is 2.40 bits per heavy atom. The van der Waals surface area contributed by atoms with Crippen molar-refractivity contribution in [3.8, 4) is 0 Å². The lowest BCUT2D eigenvalue weighted by atomic mass is 10.3. The third-order valence-electron chi connectivity index (χ3n) is 1.89. The zero-order chi connectivity index (χ0) is 10.7. The first-order chi connectivity index (χ1) is 7.29. The molecule has 0 spiro atoms. The van der Waals surface area contributed by atoms with Crippen molar-refractivity contribution in [3.05, 3.63) is 36.0 Å². The maximum absolute atomic E-state index is 5.62. The number of hydrogen-bond donors (Lipinski definition) is 1. The van der Waals surface area contributed by atoms with Crippen LogP contribution in [0.2, 0.25) is 0 Å². The summed E-state index contributed by atoms with van der Waals surface area (Å²) in [5.41, 5.74) is 7.54. The van der Waals surface area contributed by atoms with E-state index in [1.165, 1.54) is 11.8 Å². The van der Waals surface area contributed by atoms with Crippen LogP contribution in [0.5, 0.6) is 0 Å². The molecule has 0 atom stereocenters.